The van der Waals surface area contributed by atoms with Crippen LogP contribution in [0.2, 0.25) is 0 Å². The largest absolute Gasteiger partial charge is 0.396 e. The van der Waals surface area contributed by atoms with Gasteiger partial charge in [0.15, 0.2) is 0 Å². The van der Waals surface area contributed by atoms with Crippen molar-refractivity contribution in [2.75, 3.05) is 19.7 Å². The van der Waals surface area contributed by atoms with Crippen LogP contribution in [0.25, 0.3) is 0 Å². The fraction of sp³-hybridized carbons (Fsp3) is 0.688. The van der Waals surface area contributed by atoms with Crippen LogP contribution in [0.1, 0.15) is 41.0 Å². The number of aliphatic hydroxyl groups is 1. The van der Waals surface area contributed by atoms with Crippen LogP contribution in [0.3, 0.4) is 0 Å². The number of carbonyl (C=O) groups excluding carboxylic acids is 1. The lowest BCUT2D eigenvalue weighted by Gasteiger charge is -2.31. The minimum atomic E-state index is 0.263. The van der Waals surface area contributed by atoms with E-state index < -0.39 is 0 Å². The summed E-state index contributed by atoms with van der Waals surface area (Å²) in [6.45, 7) is 6.20. The van der Waals surface area contributed by atoms with Gasteiger partial charge < -0.3 is 10.0 Å². The first-order valence-corrected chi connectivity index (χ1v) is 8.36. The fourth-order valence-corrected chi connectivity index (χ4v) is 3.86. The maximum atomic E-state index is 12.1. The van der Waals surface area contributed by atoms with Crippen LogP contribution in [0.4, 0.5) is 0 Å². The van der Waals surface area contributed by atoms with Crippen molar-refractivity contribution in [3.63, 3.8) is 0 Å². The zero-order valence-corrected chi connectivity index (χ0v) is 13.3. The lowest BCUT2D eigenvalue weighted by molar-refractivity contribution is -0.132. The Morgan fingerprint density at radius 3 is 2.65 bits per heavy atom. The van der Waals surface area contributed by atoms with Gasteiger partial charge in [-0.2, -0.15) is 0 Å². The molecule has 1 aromatic heterocycles. The summed E-state index contributed by atoms with van der Waals surface area (Å²) in [7, 11) is 0. The van der Waals surface area contributed by atoms with Crippen LogP contribution in [0, 0.1) is 19.8 Å². The molecule has 0 unspecified atom stereocenters. The molecule has 1 saturated heterocycles. The van der Waals surface area contributed by atoms with Crippen LogP contribution >= 0.6 is 11.3 Å². The summed E-state index contributed by atoms with van der Waals surface area (Å²) in [5, 5.41) is 9.11. The number of piperidine rings is 1. The zero-order valence-electron chi connectivity index (χ0n) is 12.5. The molecular weight excluding hydrogens is 270 g/mol. The van der Waals surface area contributed by atoms with Crippen molar-refractivity contribution in [2.24, 2.45) is 5.92 Å². The second kappa shape index (κ2) is 7.23. The van der Waals surface area contributed by atoms with Gasteiger partial charge in [-0.25, -0.2) is 0 Å². The van der Waals surface area contributed by atoms with E-state index in [1.807, 2.05) is 16.2 Å². The number of amides is 1. The number of hydrogen-bond acceptors (Lipinski definition) is 3. The van der Waals surface area contributed by atoms with E-state index in [0.717, 1.165) is 38.8 Å². The molecule has 2 heterocycles. The van der Waals surface area contributed by atoms with E-state index >= 15 is 0 Å². The fourth-order valence-electron chi connectivity index (χ4n) is 2.88. The maximum Gasteiger partial charge on any atom is 0.222 e. The Hall–Kier alpha value is -0.870. The third-order valence-electron chi connectivity index (χ3n) is 4.21. The number of aliphatic hydroxyl groups excluding tert-OH is 1. The summed E-state index contributed by atoms with van der Waals surface area (Å²) in [6, 6.07) is 2.25. The Bertz CT molecular complexity index is 447. The molecule has 0 atom stereocenters. The highest BCUT2D eigenvalue weighted by Crippen LogP contribution is 2.23. The minimum absolute atomic E-state index is 0.263. The van der Waals surface area contributed by atoms with Gasteiger partial charge in [0.25, 0.3) is 0 Å². The standard InChI is InChI=1S/C16H25NO2S/c1-12-10-15(13(2)20-12)4-3-5-16(19)17-8-6-14(11-18)7-9-17/h10,14,18H,3-9,11H2,1-2H3. The number of rotatable bonds is 5. The van der Waals surface area contributed by atoms with Crippen molar-refractivity contribution in [1.29, 1.82) is 0 Å². The molecule has 20 heavy (non-hydrogen) atoms. The van der Waals surface area contributed by atoms with E-state index in [9.17, 15) is 4.79 Å². The molecule has 1 aliphatic rings. The number of thiophene rings is 1. The molecule has 0 spiro atoms. The van der Waals surface area contributed by atoms with Gasteiger partial charge in [-0.05, 0) is 57.1 Å². The second-order valence-electron chi connectivity index (χ2n) is 5.80. The third-order valence-corrected chi connectivity index (χ3v) is 5.21. The molecule has 0 aromatic carbocycles. The number of aryl methyl sites for hydroxylation is 3. The lowest BCUT2D eigenvalue weighted by Crippen LogP contribution is -2.39. The van der Waals surface area contributed by atoms with Crippen LogP contribution in [-0.4, -0.2) is 35.6 Å². The number of nitrogens with zero attached hydrogens (tertiary/aromatic N) is 1. The maximum absolute atomic E-state index is 12.1. The summed E-state index contributed by atoms with van der Waals surface area (Å²) in [5.74, 6) is 0.682. The van der Waals surface area contributed by atoms with Gasteiger partial charge in [0.05, 0.1) is 0 Å². The molecule has 1 aliphatic heterocycles. The van der Waals surface area contributed by atoms with E-state index in [4.69, 9.17) is 5.11 Å². The number of carbonyl (C=O) groups is 1. The van der Waals surface area contributed by atoms with Crippen molar-refractivity contribution < 1.29 is 9.90 Å². The number of likely N-dealkylation sites (tertiary alicyclic amines) is 1. The molecule has 112 valence electrons. The SMILES string of the molecule is Cc1cc(CCCC(=O)N2CCC(CO)CC2)c(C)s1. The van der Waals surface area contributed by atoms with Crippen LogP contribution < -0.4 is 0 Å². The van der Waals surface area contributed by atoms with Crippen LogP contribution in [0.15, 0.2) is 6.07 Å². The predicted molar refractivity (Wildman–Crippen MR) is 83.1 cm³/mol. The van der Waals surface area contributed by atoms with Gasteiger partial charge in [-0.15, -0.1) is 11.3 Å². The van der Waals surface area contributed by atoms with E-state index in [-0.39, 0.29) is 12.5 Å². The van der Waals surface area contributed by atoms with Crippen molar-refractivity contribution in [2.45, 2.75) is 46.0 Å². The Morgan fingerprint density at radius 2 is 2.10 bits per heavy atom. The average Bonchev–Trinajstić information content (AvgIpc) is 2.77. The van der Waals surface area contributed by atoms with Gasteiger partial charge in [0.1, 0.15) is 0 Å². The zero-order chi connectivity index (χ0) is 14.5. The van der Waals surface area contributed by atoms with Crippen molar-refractivity contribution in [3.8, 4) is 0 Å². The normalized spacial score (nSPS) is 16.6. The lowest BCUT2D eigenvalue weighted by atomic mass is 9.97. The highest BCUT2D eigenvalue weighted by molar-refractivity contribution is 7.12. The summed E-state index contributed by atoms with van der Waals surface area (Å²) in [6.07, 6.45) is 4.50. The highest BCUT2D eigenvalue weighted by atomic mass is 32.1. The average molecular weight is 295 g/mol. The summed E-state index contributed by atoms with van der Waals surface area (Å²) >= 11 is 1.84. The molecule has 3 nitrogen and oxygen atoms in total. The van der Waals surface area contributed by atoms with E-state index in [2.05, 4.69) is 19.9 Å². The highest BCUT2D eigenvalue weighted by Gasteiger charge is 2.21. The van der Waals surface area contributed by atoms with Gasteiger partial charge in [0.2, 0.25) is 5.91 Å². The topological polar surface area (TPSA) is 40.5 Å². The molecule has 0 saturated carbocycles. The third kappa shape index (κ3) is 4.06. The molecule has 0 bridgehead atoms. The smallest absolute Gasteiger partial charge is 0.222 e. The summed E-state index contributed by atoms with van der Waals surface area (Å²) in [4.78, 5) is 16.9. The molecule has 1 fully saturated rings. The molecule has 0 aliphatic carbocycles. The Kier molecular flexibility index (Phi) is 5.61. The first-order valence-electron chi connectivity index (χ1n) is 7.54. The second-order valence-corrected chi connectivity index (χ2v) is 7.26. The quantitative estimate of drug-likeness (QED) is 0.907. The van der Waals surface area contributed by atoms with Gasteiger partial charge in [-0.3, -0.25) is 4.79 Å². The minimum Gasteiger partial charge on any atom is -0.396 e. The first kappa shape index (κ1) is 15.5. The Morgan fingerprint density at radius 1 is 1.40 bits per heavy atom. The molecule has 1 amide bonds. The summed E-state index contributed by atoms with van der Waals surface area (Å²) in [5.41, 5.74) is 1.40. The van der Waals surface area contributed by atoms with Crippen LogP contribution in [-0.2, 0) is 11.2 Å². The molecule has 1 aromatic rings. The summed E-state index contributed by atoms with van der Waals surface area (Å²) < 4.78 is 0. The molecule has 2 rings (SSSR count). The van der Waals surface area contributed by atoms with Gasteiger partial charge in [-0.1, -0.05) is 0 Å². The molecular formula is C16H25NO2S. The van der Waals surface area contributed by atoms with E-state index in [1.54, 1.807) is 0 Å². The molecule has 0 radical (unpaired) electrons. The van der Waals surface area contributed by atoms with Crippen LogP contribution in [0.5, 0.6) is 0 Å². The molecule has 1 N–H and O–H groups in total. The van der Waals surface area contributed by atoms with Crippen molar-refractivity contribution >= 4 is 17.2 Å². The first-order chi connectivity index (χ1) is 9.60. The van der Waals surface area contributed by atoms with Gasteiger partial charge >= 0.3 is 0 Å². The number of hydrogen-bond donors (Lipinski definition) is 1. The van der Waals surface area contributed by atoms with Gasteiger partial charge in [0, 0.05) is 35.9 Å². The Balaban J connectivity index is 1.72. The monoisotopic (exact) mass is 295 g/mol. The van der Waals surface area contributed by atoms with E-state index in [0.29, 0.717) is 12.3 Å². The molecule has 4 heteroatoms. The van der Waals surface area contributed by atoms with E-state index in [1.165, 1.54) is 15.3 Å². The van der Waals surface area contributed by atoms with Crippen molar-refractivity contribution in [1.82, 2.24) is 4.90 Å². The van der Waals surface area contributed by atoms with Crippen molar-refractivity contribution in [3.05, 3.63) is 21.4 Å². The predicted octanol–water partition coefficient (Wildman–Crippen LogP) is 2.92. The Labute approximate surface area is 125 Å².